The Kier molecular flexibility index (Phi) is 6.16. The number of benzene rings is 1. The van der Waals surface area contributed by atoms with Crippen molar-refractivity contribution < 1.29 is 8.78 Å². The van der Waals surface area contributed by atoms with Crippen LogP contribution in [0.2, 0.25) is 0 Å². The standard InChI is InChI=1S/C18H27F2N/c1-3-12-21-18(14-10-8-13(4-2)9-11-14)15-6-5-7-16(19)17(15)20/h5-7,13-14,18,21H,3-4,8-12H2,1-2H3. The van der Waals surface area contributed by atoms with E-state index in [4.69, 9.17) is 0 Å². The zero-order valence-electron chi connectivity index (χ0n) is 13.2. The molecule has 1 aromatic rings. The van der Waals surface area contributed by atoms with Gasteiger partial charge in [0.05, 0.1) is 0 Å². The SMILES string of the molecule is CCCNC(c1cccc(F)c1F)C1CCC(CC)CC1. The van der Waals surface area contributed by atoms with Gasteiger partial charge in [-0.2, -0.15) is 0 Å². The third-order valence-corrected chi connectivity index (χ3v) is 4.87. The van der Waals surface area contributed by atoms with Crippen molar-refractivity contribution >= 4 is 0 Å². The monoisotopic (exact) mass is 295 g/mol. The molecule has 1 saturated carbocycles. The fourth-order valence-electron chi connectivity index (χ4n) is 3.52. The smallest absolute Gasteiger partial charge is 0.163 e. The average Bonchev–Trinajstić information content (AvgIpc) is 2.52. The molecular weight excluding hydrogens is 268 g/mol. The maximum absolute atomic E-state index is 14.2. The van der Waals surface area contributed by atoms with Crippen LogP contribution in [0.25, 0.3) is 0 Å². The third-order valence-electron chi connectivity index (χ3n) is 4.87. The van der Waals surface area contributed by atoms with Crippen LogP contribution in [0.15, 0.2) is 18.2 Å². The van der Waals surface area contributed by atoms with E-state index in [1.165, 1.54) is 25.3 Å². The maximum atomic E-state index is 14.2. The van der Waals surface area contributed by atoms with E-state index in [9.17, 15) is 8.78 Å². The third kappa shape index (κ3) is 4.03. The molecular formula is C18H27F2N. The highest BCUT2D eigenvalue weighted by Gasteiger charge is 2.29. The highest BCUT2D eigenvalue weighted by molar-refractivity contribution is 5.23. The largest absolute Gasteiger partial charge is 0.310 e. The van der Waals surface area contributed by atoms with Crippen LogP contribution in [0.3, 0.4) is 0 Å². The summed E-state index contributed by atoms with van der Waals surface area (Å²) in [4.78, 5) is 0. The van der Waals surface area contributed by atoms with Crippen LogP contribution in [-0.4, -0.2) is 6.54 Å². The molecule has 1 nitrogen and oxygen atoms in total. The molecule has 1 atom stereocenters. The molecule has 0 radical (unpaired) electrons. The second-order valence-electron chi connectivity index (χ2n) is 6.26. The van der Waals surface area contributed by atoms with Crippen LogP contribution in [0, 0.1) is 23.5 Å². The molecule has 1 aromatic carbocycles. The summed E-state index contributed by atoms with van der Waals surface area (Å²) in [7, 11) is 0. The van der Waals surface area contributed by atoms with E-state index in [0.717, 1.165) is 31.7 Å². The number of halogens is 2. The van der Waals surface area contributed by atoms with Gasteiger partial charge >= 0.3 is 0 Å². The van der Waals surface area contributed by atoms with Gasteiger partial charge in [-0.1, -0.05) is 45.2 Å². The molecule has 1 aliphatic carbocycles. The van der Waals surface area contributed by atoms with E-state index < -0.39 is 11.6 Å². The maximum Gasteiger partial charge on any atom is 0.163 e. The molecule has 1 fully saturated rings. The van der Waals surface area contributed by atoms with Crippen molar-refractivity contribution in [3.8, 4) is 0 Å². The molecule has 1 N–H and O–H groups in total. The minimum Gasteiger partial charge on any atom is -0.310 e. The Morgan fingerprint density at radius 1 is 1.14 bits per heavy atom. The first-order valence-corrected chi connectivity index (χ1v) is 8.34. The Bertz CT molecular complexity index is 439. The molecule has 0 amide bonds. The molecule has 21 heavy (non-hydrogen) atoms. The van der Waals surface area contributed by atoms with Crippen molar-refractivity contribution in [1.29, 1.82) is 0 Å². The Morgan fingerprint density at radius 3 is 2.48 bits per heavy atom. The summed E-state index contributed by atoms with van der Waals surface area (Å²) < 4.78 is 27.7. The van der Waals surface area contributed by atoms with Gasteiger partial charge in [0.25, 0.3) is 0 Å². The number of rotatable bonds is 6. The molecule has 0 bridgehead atoms. The van der Waals surface area contributed by atoms with Gasteiger partial charge in [-0.25, -0.2) is 8.78 Å². The van der Waals surface area contributed by atoms with E-state index in [-0.39, 0.29) is 6.04 Å². The topological polar surface area (TPSA) is 12.0 Å². The van der Waals surface area contributed by atoms with Crippen molar-refractivity contribution in [2.75, 3.05) is 6.54 Å². The van der Waals surface area contributed by atoms with Crippen molar-refractivity contribution in [2.24, 2.45) is 11.8 Å². The van der Waals surface area contributed by atoms with Crippen molar-refractivity contribution in [1.82, 2.24) is 5.32 Å². The minimum atomic E-state index is -0.738. The van der Waals surface area contributed by atoms with E-state index in [1.807, 2.05) is 0 Å². The Morgan fingerprint density at radius 2 is 1.86 bits per heavy atom. The van der Waals surface area contributed by atoms with Crippen molar-refractivity contribution in [3.05, 3.63) is 35.4 Å². The predicted molar refractivity (Wildman–Crippen MR) is 83.1 cm³/mol. The van der Waals surface area contributed by atoms with E-state index in [1.54, 1.807) is 12.1 Å². The summed E-state index contributed by atoms with van der Waals surface area (Å²) >= 11 is 0. The molecule has 0 spiro atoms. The molecule has 118 valence electrons. The Balaban J connectivity index is 2.16. The van der Waals surface area contributed by atoms with Crippen LogP contribution in [0.4, 0.5) is 8.78 Å². The molecule has 0 saturated heterocycles. The quantitative estimate of drug-likeness (QED) is 0.758. The van der Waals surface area contributed by atoms with Gasteiger partial charge < -0.3 is 5.32 Å². The fraction of sp³-hybridized carbons (Fsp3) is 0.667. The minimum absolute atomic E-state index is 0.0570. The number of hydrogen-bond donors (Lipinski definition) is 1. The lowest BCUT2D eigenvalue weighted by atomic mass is 9.76. The van der Waals surface area contributed by atoms with Crippen LogP contribution in [-0.2, 0) is 0 Å². The fourth-order valence-corrected chi connectivity index (χ4v) is 3.52. The lowest BCUT2D eigenvalue weighted by Gasteiger charge is -2.34. The molecule has 2 rings (SSSR count). The number of hydrogen-bond acceptors (Lipinski definition) is 1. The van der Waals surface area contributed by atoms with Crippen LogP contribution in [0.5, 0.6) is 0 Å². The summed E-state index contributed by atoms with van der Waals surface area (Å²) in [5.41, 5.74) is 0.503. The summed E-state index contributed by atoms with van der Waals surface area (Å²) in [5.74, 6) is -0.192. The highest BCUT2D eigenvalue weighted by atomic mass is 19.2. The van der Waals surface area contributed by atoms with Gasteiger partial charge in [0, 0.05) is 11.6 Å². The van der Waals surface area contributed by atoms with Crippen LogP contribution in [0.1, 0.15) is 64.0 Å². The average molecular weight is 295 g/mol. The zero-order valence-corrected chi connectivity index (χ0v) is 13.2. The second-order valence-corrected chi connectivity index (χ2v) is 6.26. The molecule has 0 aliphatic heterocycles. The van der Waals surface area contributed by atoms with E-state index in [2.05, 4.69) is 19.2 Å². The number of nitrogens with one attached hydrogen (secondary N) is 1. The molecule has 1 aliphatic rings. The van der Waals surface area contributed by atoms with Gasteiger partial charge in [-0.15, -0.1) is 0 Å². The summed E-state index contributed by atoms with van der Waals surface area (Å²) in [6.07, 6.45) is 6.86. The zero-order chi connectivity index (χ0) is 15.2. The summed E-state index contributed by atoms with van der Waals surface area (Å²) in [6, 6.07) is 4.49. The van der Waals surface area contributed by atoms with Crippen molar-refractivity contribution in [3.63, 3.8) is 0 Å². The molecule has 1 unspecified atom stereocenters. The van der Waals surface area contributed by atoms with Gasteiger partial charge in [0.15, 0.2) is 11.6 Å². The van der Waals surface area contributed by atoms with Crippen LogP contribution < -0.4 is 5.32 Å². The summed E-state index contributed by atoms with van der Waals surface area (Å²) in [5, 5.41) is 3.45. The first-order chi connectivity index (χ1) is 10.2. The van der Waals surface area contributed by atoms with Crippen LogP contribution >= 0.6 is 0 Å². The lowest BCUT2D eigenvalue weighted by Crippen LogP contribution is -2.32. The molecule has 3 heteroatoms. The van der Waals surface area contributed by atoms with Crippen molar-refractivity contribution in [2.45, 2.75) is 58.4 Å². The first kappa shape index (κ1) is 16.4. The van der Waals surface area contributed by atoms with E-state index >= 15 is 0 Å². The molecule has 0 heterocycles. The Labute approximate surface area is 127 Å². The second kappa shape index (κ2) is 7.88. The highest BCUT2D eigenvalue weighted by Crippen LogP contribution is 2.38. The first-order valence-electron chi connectivity index (χ1n) is 8.34. The summed E-state index contributed by atoms with van der Waals surface area (Å²) in [6.45, 7) is 5.18. The normalized spacial score (nSPS) is 24.0. The lowest BCUT2D eigenvalue weighted by molar-refractivity contribution is 0.215. The van der Waals surface area contributed by atoms with E-state index in [0.29, 0.717) is 11.5 Å². The van der Waals surface area contributed by atoms with Gasteiger partial charge in [-0.05, 0) is 43.7 Å². The van der Waals surface area contributed by atoms with Gasteiger partial charge in [0.2, 0.25) is 0 Å². The predicted octanol–water partition coefficient (Wildman–Crippen LogP) is 5.22. The van der Waals surface area contributed by atoms with Gasteiger partial charge in [0.1, 0.15) is 0 Å². The molecule has 0 aromatic heterocycles. The van der Waals surface area contributed by atoms with Gasteiger partial charge in [-0.3, -0.25) is 0 Å². The Hall–Kier alpha value is -0.960.